The van der Waals surface area contributed by atoms with Gasteiger partial charge in [-0.25, -0.2) is 4.98 Å². The summed E-state index contributed by atoms with van der Waals surface area (Å²) in [6.07, 6.45) is 3.83. The van der Waals surface area contributed by atoms with Gasteiger partial charge in [-0.1, -0.05) is 18.2 Å². The molecular weight excluding hydrogens is 376 g/mol. The van der Waals surface area contributed by atoms with Crippen LogP contribution in [0.1, 0.15) is 44.7 Å². The van der Waals surface area contributed by atoms with Gasteiger partial charge in [-0.15, -0.1) is 0 Å². The van der Waals surface area contributed by atoms with E-state index in [1.54, 1.807) is 0 Å². The number of amides is 1. The molecule has 0 unspecified atom stereocenters. The van der Waals surface area contributed by atoms with Crippen molar-refractivity contribution in [3.05, 3.63) is 48.0 Å². The topological polar surface area (TPSA) is 57.7 Å². The first-order chi connectivity index (χ1) is 14.5. The zero-order valence-electron chi connectivity index (χ0n) is 18.2. The maximum Gasteiger partial charge on any atom is 0.217 e. The van der Waals surface area contributed by atoms with E-state index in [1.165, 1.54) is 19.8 Å². The van der Waals surface area contributed by atoms with Gasteiger partial charge in [-0.3, -0.25) is 4.79 Å². The molecule has 2 fully saturated rings. The molecule has 2 atom stereocenters. The summed E-state index contributed by atoms with van der Waals surface area (Å²) in [5.74, 6) is 3.77. The molecule has 1 saturated carbocycles. The second kappa shape index (κ2) is 8.94. The zero-order valence-corrected chi connectivity index (χ0v) is 18.2. The van der Waals surface area contributed by atoms with E-state index in [0.717, 1.165) is 54.9 Å². The van der Waals surface area contributed by atoms with Gasteiger partial charge in [0.05, 0.1) is 12.6 Å². The van der Waals surface area contributed by atoms with Crippen molar-refractivity contribution in [3.8, 4) is 5.75 Å². The lowest BCUT2D eigenvalue weighted by Gasteiger charge is -2.22. The van der Waals surface area contributed by atoms with Gasteiger partial charge in [0.15, 0.2) is 0 Å². The van der Waals surface area contributed by atoms with E-state index >= 15 is 0 Å². The predicted octanol–water partition coefficient (Wildman–Crippen LogP) is 3.78. The highest BCUT2D eigenvalue weighted by Gasteiger charge is 2.26. The van der Waals surface area contributed by atoms with Crippen LogP contribution in [0.4, 0.5) is 11.6 Å². The largest absolute Gasteiger partial charge is 0.489 e. The fourth-order valence-electron chi connectivity index (χ4n) is 4.03. The smallest absolute Gasteiger partial charge is 0.217 e. The number of nitrogens with zero attached hydrogens (tertiary/aromatic N) is 3. The molecular formula is C24H32N4O2. The third-order valence-electron chi connectivity index (χ3n) is 5.91. The molecule has 160 valence electrons. The van der Waals surface area contributed by atoms with Crippen molar-refractivity contribution >= 4 is 17.5 Å². The number of hydrogen-bond donors (Lipinski definition) is 1. The standard InChI is InChI=1S/C24H32N4O2/c1-17(25-18(2)29)20-9-11-21(12-10-20)30-22-13-14-28(16-22)24-6-4-5-23(26-24)27(3)15-19-7-8-19/h4-6,9-12,17,19,22H,7-8,13-16H2,1-3H3,(H,25,29)/t17-,22+/m0/s1. The van der Waals surface area contributed by atoms with Crippen LogP contribution in [0, 0.1) is 5.92 Å². The minimum Gasteiger partial charge on any atom is -0.489 e. The number of nitrogens with one attached hydrogen (secondary N) is 1. The molecule has 30 heavy (non-hydrogen) atoms. The van der Waals surface area contributed by atoms with Gasteiger partial charge in [0, 0.05) is 33.5 Å². The lowest BCUT2D eigenvalue weighted by molar-refractivity contribution is -0.119. The van der Waals surface area contributed by atoms with E-state index in [4.69, 9.17) is 9.72 Å². The number of aromatic nitrogens is 1. The summed E-state index contributed by atoms with van der Waals surface area (Å²) >= 11 is 0. The molecule has 6 heteroatoms. The van der Waals surface area contributed by atoms with Crippen LogP contribution < -0.4 is 19.9 Å². The van der Waals surface area contributed by atoms with Crippen LogP contribution in [0.3, 0.4) is 0 Å². The average molecular weight is 409 g/mol. The highest BCUT2D eigenvalue weighted by molar-refractivity contribution is 5.73. The Morgan fingerprint density at radius 2 is 2.00 bits per heavy atom. The van der Waals surface area contributed by atoms with Crippen molar-refractivity contribution < 1.29 is 9.53 Å². The van der Waals surface area contributed by atoms with Crippen molar-refractivity contribution in [1.29, 1.82) is 0 Å². The molecule has 1 aliphatic carbocycles. The molecule has 0 radical (unpaired) electrons. The first-order valence-electron chi connectivity index (χ1n) is 10.9. The number of rotatable bonds is 8. The fourth-order valence-corrected chi connectivity index (χ4v) is 4.03. The molecule has 1 aliphatic heterocycles. The normalized spacial score (nSPS) is 19.4. The monoisotopic (exact) mass is 408 g/mol. The third kappa shape index (κ3) is 5.23. The highest BCUT2D eigenvalue weighted by Crippen LogP contribution is 2.31. The van der Waals surface area contributed by atoms with Crippen molar-refractivity contribution in [2.75, 3.05) is 36.5 Å². The summed E-state index contributed by atoms with van der Waals surface area (Å²) in [7, 11) is 2.14. The van der Waals surface area contributed by atoms with Gasteiger partial charge in [0.1, 0.15) is 23.5 Å². The molecule has 2 aromatic rings. The molecule has 4 rings (SSSR count). The minimum absolute atomic E-state index is 0.00470. The lowest BCUT2D eigenvalue weighted by atomic mass is 10.1. The second-order valence-electron chi connectivity index (χ2n) is 8.64. The van der Waals surface area contributed by atoms with Crippen LogP contribution >= 0.6 is 0 Å². The van der Waals surface area contributed by atoms with Gasteiger partial charge >= 0.3 is 0 Å². The molecule has 0 bridgehead atoms. The molecule has 1 amide bonds. The SMILES string of the molecule is CC(=O)N[C@@H](C)c1ccc(O[C@@H]2CCN(c3cccc(N(C)CC4CC4)n3)C2)cc1. The summed E-state index contributed by atoms with van der Waals surface area (Å²) in [5.41, 5.74) is 1.07. The van der Waals surface area contributed by atoms with Crippen LogP contribution in [0.5, 0.6) is 5.75 Å². The van der Waals surface area contributed by atoms with Gasteiger partial charge in [-0.2, -0.15) is 0 Å². The van der Waals surface area contributed by atoms with Crippen molar-refractivity contribution in [1.82, 2.24) is 10.3 Å². The first kappa shape index (κ1) is 20.5. The lowest BCUT2D eigenvalue weighted by Crippen LogP contribution is -2.26. The van der Waals surface area contributed by atoms with Crippen LogP contribution in [-0.2, 0) is 4.79 Å². The van der Waals surface area contributed by atoms with Gasteiger partial charge in [0.2, 0.25) is 5.91 Å². The Morgan fingerprint density at radius 3 is 2.70 bits per heavy atom. The molecule has 1 N–H and O–H groups in total. The molecule has 1 aromatic carbocycles. The molecule has 1 aromatic heterocycles. The van der Waals surface area contributed by atoms with E-state index in [1.807, 2.05) is 31.2 Å². The van der Waals surface area contributed by atoms with Gasteiger partial charge < -0.3 is 19.9 Å². The summed E-state index contributed by atoms with van der Waals surface area (Å²) in [5, 5.41) is 2.90. The Morgan fingerprint density at radius 1 is 1.23 bits per heavy atom. The molecule has 1 saturated heterocycles. The Bertz CT molecular complexity index is 866. The van der Waals surface area contributed by atoms with Crippen molar-refractivity contribution in [2.45, 2.75) is 45.3 Å². The number of pyridine rings is 1. The Labute approximate surface area is 179 Å². The third-order valence-corrected chi connectivity index (χ3v) is 5.91. The quantitative estimate of drug-likeness (QED) is 0.720. The van der Waals surface area contributed by atoms with E-state index < -0.39 is 0 Å². The summed E-state index contributed by atoms with van der Waals surface area (Å²) in [4.78, 5) is 20.7. The number of benzene rings is 1. The van der Waals surface area contributed by atoms with E-state index in [9.17, 15) is 4.79 Å². The van der Waals surface area contributed by atoms with Crippen LogP contribution in [0.15, 0.2) is 42.5 Å². The maximum absolute atomic E-state index is 11.2. The zero-order chi connectivity index (χ0) is 21.1. The molecule has 2 aliphatic rings. The minimum atomic E-state index is -0.0229. The number of carbonyl (C=O) groups excluding carboxylic acids is 1. The average Bonchev–Trinajstić information content (AvgIpc) is 3.42. The van der Waals surface area contributed by atoms with Crippen molar-refractivity contribution in [3.63, 3.8) is 0 Å². The van der Waals surface area contributed by atoms with Gasteiger partial charge in [-0.05, 0) is 55.5 Å². The van der Waals surface area contributed by atoms with Crippen molar-refractivity contribution in [2.24, 2.45) is 5.92 Å². The maximum atomic E-state index is 11.2. The summed E-state index contributed by atoms with van der Waals surface area (Å²) in [6, 6.07) is 14.3. The highest BCUT2D eigenvalue weighted by atomic mass is 16.5. The van der Waals surface area contributed by atoms with Gasteiger partial charge in [0.25, 0.3) is 0 Å². The first-order valence-corrected chi connectivity index (χ1v) is 10.9. The Kier molecular flexibility index (Phi) is 6.11. The Hall–Kier alpha value is -2.76. The number of anilines is 2. The van der Waals surface area contributed by atoms with Crippen LogP contribution in [0.2, 0.25) is 0 Å². The summed E-state index contributed by atoms with van der Waals surface area (Å²) in [6.45, 7) is 6.40. The number of ether oxygens (including phenoxy) is 1. The van der Waals surface area contributed by atoms with E-state index in [2.05, 4.69) is 40.4 Å². The number of carbonyl (C=O) groups is 1. The predicted molar refractivity (Wildman–Crippen MR) is 120 cm³/mol. The van der Waals surface area contributed by atoms with E-state index in [0.29, 0.717) is 0 Å². The fraction of sp³-hybridized carbons (Fsp3) is 0.500. The Balaban J connectivity index is 1.33. The second-order valence-corrected chi connectivity index (χ2v) is 8.64. The van der Waals surface area contributed by atoms with E-state index in [-0.39, 0.29) is 18.1 Å². The molecule has 2 heterocycles. The molecule has 0 spiro atoms. The summed E-state index contributed by atoms with van der Waals surface area (Å²) < 4.78 is 6.21. The number of hydrogen-bond acceptors (Lipinski definition) is 5. The molecule has 6 nitrogen and oxygen atoms in total. The van der Waals surface area contributed by atoms with Crippen LogP contribution in [0.25, 0.3) is 0 Å². The van der Waals surface area contributed by atoms with Crippen LogP contribution in [-0.4, -0.2) is 43.7 Å².